The first-order valence-corrected chi connectivity index (χ1v) is 5.39. The zero-order valence-electron chi connectivity index (χ0n) is 8.95. The fraction of sp³-hybridized carbons (Fsp3) is 0.727. The molecule has 0 N–H and O–H groups in total. The molecule has 0 aromatic carbocycles. The fourth-order valence-electron chi connectivity index (χ4n) is 1.63. The predicted molar refractivity (Wildman–Crippen MR) is 53.0 cm³/mol. The Kier molecular flexibility index (Phi) is 4.46. The summed E-state index contributed by atoms with van der Waals surface area (Å²) in [6.07, 6.45) is 2.87. The molecule has 1 fully saturated rings. The smallest absolute Gasteiger partial charge is 0.316 e. The normalized spacial score (nSPS) is 17.5. The summed E-state index contributed by atoms with van der Waals surface area (Å²) >= 11 is 0. The van der Waals surface area contributed by atoms with Gasteiger partial charge >= 0.3 is 11.9 Å². The molecule has 4 heteroatoms. The van der Waals surface area contributed by atoms with Crippen molar-refractivity contribution in [3.8, 4) is 0 Å². The molecular weight excluding hydrogens is 196 g/mol. The summed E-state index contributed by atoms with van der Waals surface area (Å²) < 4.78 is 4.68. The molecular formula is C11H16O4. The first-order valence-electron chi connectivity index (χ1n) is 5.39. The minimum Gasteiger partial charge on any atom is -0.393 e. The minimum atomic E-state index is -0.459. The van der Waals surface area contributed by atoms with Crippen LogP contribution in [0.2, 0.25) is 0 Å². The number of ether oxygens (including phenoxy) is 1. The van der Waals surface area contributed by atoms with Crippen molar-refractivity contribution in [2.24, 2.45) is 5.92 Å². The quantitative estimate of drug-likeness (QED) is 0.526. The molecule has 0 bridgehead atoms. The fourth-order valence-corrected chi connectivity index (χ4v) is 1.63. The van der Waals surface area contributed by atoms with Gasteiger partial charge in [0.05, 0.1) is 5.92 Å². The van der Waals surface area contributed by atoms with Gasteiger partial charge in [-0.2, -0.15) is 0 Å². The molecule has 0 unspecified atom stereocenters. The van der Waals surface area contributed by atoms with Gasteiger partial charge in [0.1, 0.15) is 5.78 Å². The highest BCUT2D eigenvalue weighted by Gasteiger charge is 2.27. The maximum Gasteiger partial charge on any atom is 0.316 e. The number of carbonyl (C=O) groups excluding carboxylic acids is 3. The Morgan fingerprint density at radius 3 is 2.47 bits per heavy atom. The van der Waals surface area contributed by atoms with Crippen LogP contribution in [-0.2, 0) is 19.1 Å². The summed E-state index contributed by atoms with van der Waals surface area (Å²) in [7, 11) is 0. The van der Waals surface area contributed by atoms with Crippen LogP contribution in [0.25, 0.3) is 0 Å². The third kappa shape index (κ3) is 3.81. The molecule has 1 aliphatic carbocycles. The standard InChI is InChI=1S/C11H16O4/c1-2-3-10(13)15-11(14)8-4-6-9(12)7-5-8/h8H,2-7H2,1H3. The molecule has 4 nitrogen and oxygen atoms in total. The van der Waals surface area contributed by atoms with Crippen LogP contribution in [-0.4, -0.2) is 17.7 Å². The first kappa shape index (κ1) is 11.9. The number of hydrogen-bond acceptors (Lipinski definition) is 4. The Labute approximate surface area is 89.0 Å². The zero-order valence-corrected chi connectivity index (χ0v) is 8.95. The highest BCUT2D eigenvalue weighted by Crippen LogP contribution is 2.22. The molecule has 0 heterocycles. The lowest BCUT2D eigenvalue weighted by atomic mass is 9.88. The van der Waals surface area contributed by atoms with Crippen molar-refractivity contribution in [1.82, 2.24) is 0 Å². The zero-order chi connectivity index (χ0) is 11.3. The second kappa shape index (κ2) is 5.63. The van der Waals surface area contributed by atoms with Crippen molar-refractivity contribution in [1.29, 1.82) is 0 Å². The first-order chi connectivity index (χ1) is 7.13. The molecule has 0 radical (unpaired) electrons. The molecule has 0 amide bonds. The van der Waals surface area contributed by atoms with Crippen molar-refractivity contribution in [2.45, 2.75) is 45.4 Å². The van der Waals surface area contributed by atoms with E-state index in [0.717, 1.165) is 0 Å². The van der Waals surface area contributed by atoms with Gasteiger partial charge in [-0.25, -0.2) is 0 Å². The molecule has 84 valence electrons. The van der Waals surface area contributed by atoms with E-state index in [-0.39, 0.29) is 18.1 Å². The predicted octanol–water partition coefficient (Wildman–Crippen LogP) is 1.62. The summed E-state index contributed by atoms with van der Waals surface area (Å²) in [4.78, 5) is 33.4. The molecule has 0 aliphatic heterocycles. The Balaban J connectivity index is 2.34. The topological polar surface area (TPSA) is 60.4 Å². The van der Waals surface area contributed by atoms with E-state index in [4.69, 9.17) is 0 Å². The Hall–Kier alpha value is -1.19. The van der Waals surface area contributed by atoms with Gasteiger partial charge in [-0.05, 0) is 19.3 Å². The van der Waals surface area contributed by atoms with Gasteiger partial charge in [-0.15, -0.1) is 0 Å². The van der Waals surface area contributed by atoms with E-state index in [9.17, 15) is 14.4 Å². The Morgan fingerprint density at radius 2 is 1.93 bits per heavy atom. The second-order valence-corrected chi connectivity index (χ2v) is 3.86. The van der Waals surface area contributed by atoms with Crippen LogP contribution in [0.3, 0.4) is 0 Å². The van der Waals surface area contributed by atoms with E-state index in [1.807, 2.05) is 6.92 Å². The van der Waals surface area contributed by atoms with Gasteiger partial charge in [0.2, 0.25) is 0 Å². The van der Waals surface area contributed by atoms with E-state index in [1.165, 1.54) is 0 Å². The van der Waals surface area contributed by atoms with Gasteiger partial charge in [-0.3, -0.25) is 14.4 Å². The van der Waals surface area contributed by atoms with Crippen molar-refractivity contribution in [2.75, 3.05) is 0 Å². The number of esters is 2. The maximum atomic E-state index is 11.4. The van der Waals surface area contributed by atoms with Crippen LogP contribution in [0, 0.1) is 5.92 Å². The average Bonchev–Trinajstić information content (AvgIpc) is 2.18. The van der Waals surface area contributed by atoms with E-state index in [2.05, 4.69) is 4.74 Å². The number of rotatable bonds is 3. The molecule has 0 saturated heterocycles. The Bertz CT molecular complexity index is 260. The summed E-state index contributed by atoms with van der Waals surface area (Å²) in [5.41, 5.74) is 0. The number of carbonyl (C=O) groups is 3. The van der Waals surface area contributed by atoms with Crippen LogP contribution < -0.4 is 0 Å². The van der Waals surface area contributed by atoms with Crippen molar-refractivity contribution in [3.05, 3.63) is 0 Å². The molecule has 0 aromatic heterocycles. The monoisotopic (exact) mass is 212 g/mol. The van der Waals surface area contributed by atoms with E-state index in [1.54, 1.807) is 0 Å². The maximum absolute atomic E-state index is 11.4. The van der Waals surface area contributed by atoms with E-state index >= 15 is 0 Å². The summed E-state index contributed by atoms with van der Waals surface area (Å²) in [6.45, 7) is 1.85. The summed E-state index contributed by atoms with van der Waals surface area (Å²) in [6, 6.07) is 0. The second-order valence-electron chi connectivity index (χ2n) is 3.86. The molecule has 1 saturated carbocycles. The lowest BCUT2D eigenvalue weighted by Gasteiger charge is -2.18. The Morgan fingerprint density at radius 1 is 1.33 bits per heavy atom. The van der Waals surface area contributed by atoms with E-state index in [0.29, 0.717) is 32.1 Å². The van der Waals surface area contributed by atoms with Crippen molar-refractivity contribution in [3.63, 3.8) is 0 Å². The van der Waals surface area contributed by atoms with Crippen LogP contribution in [0.4, 0.5) is 0 Å². The lowest BCUT2D eigenvalue weighted by molar-refractivity contribution is -0.163. The molecule has 1 aliphatic rings. The summed E-state index contributed by atoms with van der Waals surface area (Å²) in [5.74, 6) is -0.984. The van der Waals surface area contributed by atoms with Gasteiger partial charge in [0.25, 0.3) is 0 Å². The number of hydrogen-bond donors (Lipinski definition) is 0. The third-order valence-electron chi connectivity index (χ3n) is 2.55. The number of Topliss-reactive ketones (excluding diaryl/α,β-unsaturated/α-hetero) is 1. The van der Waals surface area contributed by atoms with Crippen LogP contribution in [0.5, 0.6) is 0 Å². The molecule has 0 atom stereocenters. The van der Waals surface area contributed by atoms with Crippen molar-refractivity contribution < 1.29 is 19.1 Å². The van der Waals surface area contributed by atoms with Crippen molar-refractivity contribution >= 4 is 17.7 Å². The average molecular weight is 212 g/mol. The van der Waals surface area contributed by atoms with Gasteiger partial charge in [0, 0.05) is 19.3 Å². The SMILES string of the molecule is CCCC(=O)OC(=O)C1CCC(=O)CC1. The van der Waals surface area contributed by atoms with Gasteiger partial charge in [0.15, 0.2) is 0 Å². The largest absolute Gasteiger partial charge is 0.393 e. The van der Waals surface area contributed by atoms with Gasteiger partial charge in [-0.1, -0.05) is 6.92 Å². The van der Waals surface area contributed by atoms with Gasteiger partial charge < -0.3 is 4.74 Å². The highest BCUT2D eigenvalue weighted by atomic mass is 16.6. The summed E-state index contributed by atoms with van der Waals surface area (Å²) in [5, 5.41) is 0. The molecule has 0 spiro atoms. The van der Waals surface area contributed by atoms with Crippen LogP contribution in [0.15, 0.2) is 0 Å². The molecule has 1 rings (SSSR count). The molecule has 0 aromatic rings. The van der Waals surface area contributed by atoms with Crippen LogP contribution >= 0.6 is 0 Å². The third-order valence-corrected chi connectivity index (χ3v) is 2.55. The number of ketones is 1. The van der Waals surface area contributed by atoms with E-state index < -0.39 is 11.9 Å². The van der Waals surface area contributed by atoms with Crippen LogP contribution in [0.1, 0.15) is 45.4 Å². The lowest BCUT2D eigenvalue weighted by Crippen LogP contribution is -2.25. The minimum absolute atomic E-state index is 0.193. The molecule has 15 heavy (non-hydrogen) atoms. The highest BCUT2D eigenvalue weighted by molar-refractivity contribution is 5.88.